The van der Waals surface area contributed by atoms with E-state index in [1.165, 1.54) is 0 Å². The smallest absolute Gasteiger partial charge is 0.416 e. The molecule has 3 rings (SSSR count). The molecule has 0 spiro atoms. The average Bonchev–Trinajstić information content (AvgIpc) is 2.99. The van der Waals surface area contributed by atoms with E-state index in [1.807, 2.05) is 0 Å². The summed E-state index contributed by atoms with van der Waals surface area (Å²) in [6, 6.07) is 9.78. The quantitative estimate of drug-likeness (QED) is 0.211. The van der Waals surface area contributed by atoms with E-state index >= 15 is 0 Å². The zero-order valence-electron chi connectivity index (χ0n) is 26.3. The third-order valence-electron chi connectivity index (χ3n) is 8.69. The average molecular weight is 669 g/mol. The highest BCUT2D eigenvalue weighted by atomic mass is 32.2. The minimum Gasteiger partial charge on any atom is -0.479 e. The van der Waals surface area contributed by atoms with Gasteiger partial charge in [-0.25, -0.2) is 17.9 Å². The number of halogens is 3. The predicted molar refractivity (Wildman–Crippen MR) is 166 cm³/mol. The van der Waals surface area contributed by atoms with E-state index in [4.69, 9.17) is 5.73 Å². The molecule has 254 valence electrons. The van der Waals surface area contributed by atoms with Crippen LogP contribution in [-0.4, -0.2) is 48.9 Å². The third kappa shape index (κ3) is 9.07. The number of nitrogens with two attached hydrogens (primary N) is 1. The van der Waals surface area contributed by atoms with E-state index in [0.29, 0.717) is 43.4 Å². The van der Waals surface area contributed by atoms with E-state index < -0.39 is 69.1 Å². The van der Waals surface area contributed by atoms with Gasteiger partial charge in [0.2, 0.25) is 21.8 Å². The first-order valence-corrected chi connectivity index (χ1v) is 16.7. The summed E-state index contributed by atoms with van der Waals surface area (Å²) in [5, 5.41) is 16.1. The Kier molecular flexibility index (Phi) is 12.0. The van der Waals surface area contributed by atoms with E-state index in [1.54, 1.807) is 58.0 Å². The van der Waals surface area contributed by atoms with Crippen molar-refractivity contribution in [3.63, 3.8) is 0 Å². The molecule has 0 saturated heterocycles. The topological polar surface area (TPSA) is 168 Å². The molecule has 1 aliphatic carbocycles. The number of rotatable bonds is 13. The number of carboxylic acids is 1. The monoisotopic (exact) mass is 668 g/mol. The van der Waals surface area contributed by atoms with Crippen LogP contribution >= 0.6 is 0 Å². The Balaban J connectivity index is 1.74. The third-order valence-corrected chi connectivity index (χ3v) is 10.2. The lowest BCUT2D eigenvalue weighted by atomic mass is 9.78. The number of alkyl halides is 3. The summed E-state index contributed by atoms with van der Waals surface area (Å²) in [5.41, 5.74) is 3.96. The normalized spacial score (nSPS) is 20.0. The molecule has 1 aliphatic rings. The van der Waals surface area contributed by atoms with Crippen LogP contribution in [0.15, 0.2) is 59.5 Å². The summed E-state index contributed by atoms with van der Waals surface area (Å²) in [6.07, 6.45) is -3.49. The number of hydrogen-bond acceptors (Lipinski definition) is 6. The van der Waals surface area contributed by atoms with Crippen molar-refractivity contribution in [3.8, 4) is 0 Å². The van der Waals surface area contributed by atoms with Gasteiger partial charge in [0.25, 0.3) is 0 Å². The van der Waals surface area contributed by atoms with Crippen molar-refractivity contribution in [2.24, 2.45) is 23.5 Å². The predicted octanol–water partition coefficient (Wildman–Crippen LogP) is 4.37. The molecule has 2 amide bonds. The number of aliphatic carboxylic acids is 1. The number of sulfonamides is 1. The fourth-order valence-corrected chi connectivity index (χ4v) is 6.86. The van der Waals surface area contributed by atoms with Gasteiger partial charge >= 0.3 is 12.1 Å². The van der Waals surface area contributed by atoms with E-state index in [-0.39, 0.29) is 23.1 Å². The second-order valence-electron chi connectivity index (χ2n) is 12.6. The van der Waals surface area contributed by atoms with Crippen LogP contribution in [0.1, 0.15) is 77.0 Å². The Morgan fingerprint density at radius 2 is 1.50 bits per heavy atom. The number of carboxylic acid groups (broad SMARTS) is 1. The molecule has 3 atom stereocenters. The summed E-state index contributed by atoms with van der Waals surface area (Å²) >= 11 is 0. The second-order valence-corrected chi connectivity index (χ2v) is 14.3. The van der Waals surface area contributed by atoms with Crippen LogP contribution in [0.5, 0.6) is 0 Å². The summed E-state index contributed by atoms with van der Waals surface area (Å²) < 4.78 is 66.8. The van der Waals surface area contributed by atoms with Gasteiger partial charge in [0, 0.05) is 18.4 Å². The van der Waals surface area contributed by atoms with Crippen LogP contribution in [0.25, 0.3) is 0 Å². The number of carbonyl (C=O) groups is 3. The second kappa shape index (κ2) is 14.9. The number of benzene rings is 2. The molecule has 2 aromatic rings. The Morgan fingerprint density at radius 1 is 0.935 bits per heavy atom. The Morgan fingerprint density at radius 3 is 1.98 bits per heavy atom. The minimum atomic E-state index is -4.59. The SMILES string of the molecule is CC(C)[C@H](N)C(=O)N[C@](C[C@H](NC(=O)[C@H]1CC[C@H](NS(=O)(=O)c2ccc(C(F)(F)F)cc2)CC1)c1ccccc1)(C(=O)O)C(C)C. The van der Waals surface area contributed by atoms with Crippen LogP contribution in [-0.2, 0) is 30.6 Å². The Labute approximate surface area is 267 Å². The van der Waals surface area contributed by atoms with E-state index in [0.717, 1.165) is 12.1 Å². The number of amides is 2. The fourth-order valence-electron chi connectivity index (χ4n) is 5.56. The molecule has 0 aliphatic heterocycles. The molecular weight excluding hydrogens is 625 g/mol. The lowest BCUT2D eigenvalue weighted by Crippen LogP contribution is -2.63. The van der Waals surface area contributed by atoms with Crippen LogP contribution in [0.3, 0.4) is 0 Å². The molecule has 46 heavy (non-hydrogen) atoms. The van der Waals surface area contributed by atoms with E-state index in [2.05, 4.69) is 15.4 Å². The molecule has 1 saturated carbocycles. The maximum absolute atomic E-state index is 13.6. The summed E-state index contributed by atoms with van der Waals surface area (Å²) in [4.78, 5) is 39.0. The molecule has 0 unspecified atom stereocenters. The molecular formula is C32H43F3N4O6S. The Bertz CT molecular complexity index is 1460. The lowest BCUT2D eigenvalue weighted by molar-refractivity contribution is -0.151. The van der Waals surface area contributed by atoms with Gasteiger partial charge in [0.1, 0.15) is 5.54 Å². The highest BCUT2D eigenvalue weighted by molar-refractivity contribution is 7.89. The first-order chi connectivity index (χ1) is 21.4. The number of hydrogen-bond donors (Lipinski definition) is 5. The zero-order valence-corrected chi connectivity index (χ0v) is 27.1. The largest absolute Gasteiger partial charge is 0.479 e. The van der Waals surface area contributed by atoms with Crippen molar-refractivity contribution in [3.05, 3.63) is 65.7 Å². The van der Waals surface area contributed by atoms with Gasteiger partial charge in [-0.2, -0.15) is 13.2 Å². The zero-order chi connectivity index (χ0) is 34.4. The summed E-state index contributed by atoms with van der Waals surface area (Å²) in [6.45, 7) is 6.85. The molecule has 1 fully saturated rings. The van der Waals surface area contributed by atoms with Crippen LogP contribution < -0.4 is 21.1 Å². The van der Waals surface area contributed by atoms with Crippen molar-refractivity contribution in [2.45, 2.75) is 94.5 Å². The Hall–Kier alpha value is -3.49. The van der Waals surface area contributed by atoms with Crippen molar-refractivity contribution in [2.75, 3.05) is 0 Å². The molecule has 0 radical (unpaired) electrons. The molecule has 0 bridgehead atoms. The molecule has 2 aromatic carbocycles. The van der Waals surface area contributed by atoms with Crippen molar-refractivity contribution >= 4 is 27.8 Å². The fraction of sp³-hybridized carbons (Fsp3) is 0.531. The number of carbonyl (C=O) groups excluding carboxylic acids is 2. The van der Waals surface area contributed by atoms with Crippen molar-refractivity contribution in [1.82, 2.24) is 15.4 Å². The standard InChI is InChI=1S/C32H43F3N4O6S/c1-19(2)27(36)29(41)38-31(20(3)4,30(42)43)18-26(21-8-6-5-7-9-21)37-28(40)22-10-14-24(15-11-22)39-46(44,45)25-16-12-23(13-17-25)32(33,34)35/h5-9,12-13,16-17,19-20,22,24,26-27,39H,10-11,14-15,18,36H2,1-4H3,(H,37,40)(H,38,41)(H,42,43)/t22-,24-,26-,27-,31-/m0/s1. The van der Waals surface area contributed by atoms with Crippen molar-refractivity contribution < 1.29 is 41.1 Å². The minimum absolute atomic E-state index is 0.158. The van der Waals surface area contributed by atoms with Gasteiger partial charge in [-0.1, -0.05) is 58.0 Å². The van der Waals surface area contributed by atoms with Crippen LogP contribution in [0.4, 0.5) is 13.2 Å². The summed E-state index contributed by atoms with van der Waals surface area (Å²) in [5.74, 6) is -3.53. The maximum Gasteiger partial charge on any atom is 0.416 e. The van der Waals surface area contributed by atoms with Gasteiger partial charge in [-0.15, -0.1) is 0 Å². The molecule has 6 N–H and O–H groups in total. The van der Waals surface area contributed by atoms with E-state index in [9.17, 15) is 41.1 Å². The molecule has 10 nitrogen and oxygen atoms in total. The van der Waals surface area contributed by atoms with Gasteiger partial charge in [-0.3, -0.25) is 9.59 Å². The van der Waals surface area contributed by atoms with Crippen molar-refractivity contribution in [1.29, 1.82) is 0 Å². The molecule has 0 heterocycles. The maximum atomic E-state index is 13.6. The van der Waals surface area contributed by atoms with Gasteiger partial charge in [0.05, 0.1) is 22.5 Å². The molecule has 0 aromatic heterocycles. The molecule has 14 heteroatoms. The lowest BCUT2D eigenvalue weighted by Gasteiger charge is -2.39. The highest BCUT2D eigenvalue weighted by Crippen LogP contribution is 2.33. The van der Waals surface area contributed by atoms with Gasteiger partial charge in [-0.05, 0) is 67.3 Å². The highest BCUT2D eigenvalue weighted by Gasteiger charge is 2.46. The number of nitrogens with one attached hydrogen (secondary N) is 3. The summed E-state index contributed by atoms with van der Waals surface area (Å²) in [7, 11) is -4.09. The van der Waals surface area contributed by atoms with Crippen LogP contribution in [0.2, 0.25) is 0 Å². The van der Waals surface area contributed by atoms with Crippen LogP contribution in [0, 0.1) is 17.8 Å². The first kappa shape index (κ1) is 37.0. The first-order valence-electron chi connectivity index (χ1n) is 15.2. The van der Waals surface area contributed by atoms with Gasteiger partial charge in [0.15, 0.2) is 0 Å². The van der Waals surface area contributed by atoms with Gasteiger partial charge < -0.3 is 21.5 Å².